The van der Waals surface area contributed by atoms with Crippen LogP contribution in [0.3, 0.4) is 0 Å². The molecule has 0 saturated carbocycles. The van der Waals surface area contributed by atoms with Crippen LogP contribution in [0.15, 0.2) is 63.4 Å². The van der Waals surface area contributed by atoms with Crippen molar-refractivity contribution in [3.8, 4) is 23.5 Å². The van der Waals surface area contributed by atoms with E-state index < -0.39 is 0 Å². The highest BCUT2D eigenvalue weighted by Gasteiger charge is 2.20. The summed E-state index contributed by atoms with van der Waals surface area (Å²) in [6, 6.07) is 19.7. The number of ether oxygens (including phenoxy) is 2. The number of hydrogen-bond donors (Lipinski definition) is 1. The second kappa shape index (κ2) is 8.54. The van der Waals surface area contributed by atoms with Crippen LogP contribution in [0.2, 0.25) is 0 Å². The Hall–Kier alpha value is -3.76. The van der Waals surface area contributed by atoms with Gasteiger partial charge in [0.15, 0.2) is 5.76 Å². The first-order valence-corrected chi connectivity index (χ1v) is 10.3. The third-order valence-corrected chi connectivity index (χ3v) is 5.22. The van der Waals surface area contributed by atoms with Crippen molar-refractivity contribution in [1.29, 1.82) is 5.26 Å². The van der Waals surface area contributed by atoms with Gasteiger partial charge in [-0.2, -0.15) is 10.2 Å². The molecule has 0 amide bonds. The molecule has 0 unspecified atom stereocenters. The second-order valence-corrected chi connectivity index (χ2v) is 7.39. The summed E-state index contributed by atoms with van der Waals surface area (Å²) in [5, 5.41) is 14.8. The molecule has 1 N–H and O–H groups in total. The summed E-state index contributed by atoms with van der Waals surface area (Å²) >= 11 is 0. The molecule has 31 heavy (non-hydrogen) atoms. The Balaban J connectivity index is 1.25. The van der Waals surface area contributed by atoms with Gasteiger partial charge in [-0.15, -0.1) is 0 Å². The van der Waals surface area contributed by atoms with E-state index in [1.807, 2.05) is 42.5 Å². The third kappa shape index (κ3) is 4.25. The molecule has 0 bridgehead atoms. The van der Waals surface area contributed by atoms with Crippen molar-refractivity contribution < 1.29 is 18.3 Å². The van der Waals surface area contributed by atoms with Gasteiger partial charge in [-0.1, -0.05) is 30.3 Å². The number of hydrogen-bond acceptors (Lipinski definition) is 7. The fraction of sp³-hybridized carbons (Fsp3) is 0.250. The number of oxazole rings is 1. The van der Waals surface area contributed by atoms with Gasteiger partial charge in [-0.3, -0.25) is 0 Å². The fourth-order valence-electron chi connectivity index (χ4n) is 3.62. The van der Waals surface area contributed by atoms with E-state index in [-0.39, 0.29) is 24.3 Å². The molecule has 2 aromatic carbocycles. The van der Waals surface area contributed by atoms with Crippen LogP contribution in [0.25, 0.3) is 22.4 Å². The number of fused-ring (bicyclic) bond motifs is 1. The number of furan rings is 1. The van der Waals surface area contributed by atoms with Gasteiger partial charge in [0.2, 0.25) is 11.6 Å². The number of nitrogens with zero attached hydrogens (tertiary/aromatic N) is 2. The quantitative estimate of drug-likeness (QED) is 0.447. The summed E-state index contributed by atoms with van der Waals surface area (Å²) in [5.74, 6) is 2.43. The van der Waals surface area contributed by atoms with E-state index in [2.05, 4.69) is 22.4 Å². The van der Waals surface area contributed by atoms with E-state index >= 15 is 0 Å². The predicted octanol–water partition coefficient (Wildman–Crippen LogP) is 5.13. The van der Waals surface area contributed by atoms with E-state index in [9.17, 15) is 5.26 Å². The van der Waals surface area contributed by atoms with Crippen molar-refractivity contribution in [1.82, 2.24) is 4.98 Å². The van der Waals surface area contributed by atoms with Crippen LogP contribution in [0, 0.1) is 11.3 Å². The Morgan fingerprint density at radius 1 is 1.10 bits per heavy atom. The van der Waals surface area contributed by atoms with Gasteiger partial charge in [0.25, 0.3) is 5.89 Å². The van der Waals surface area contributed by atoms with E-state index in [1.165, 1.54) is 0 Å². The monoisotopic (exact) mass is 415 g/mol. The van der Waals surface area contributed by atoms with Crippen LogP contribution >= 0.6 is 0 Å². The van der Waals surface area contributed by atoms with Crippen molar-refractivity contribution in [3.63, 3.8) is 0 Å². The molecule has 0 radical (unpaired) electrons. The van der Waals surface area contributed by atoms with Gasteiger partial charge < -0.3 is 23.6 Å². The molecular weight excluding hydrogens is 394 g/mol. The second-order valence-electron chi connectivity index (χ2n) is 7.39. The number of benzene rings is 2. The van der Waals surface area contributed by atoms with E-state index in [0.29, 0.717) is 23.9 Å². The lowest BCUT2D eigenvalue weighted by molar-refractivity contribution is 0.120. The summed E-state index contributed by atoms with van der Waals surface area (Å²) < 4.78 is 23.0. The average Bonchev–Trinajstić information content (AvgIpc) is 3.56. The molecular formula is C24H21N3O4. The lowest BCUT2D eigenvalue weighted by Crippen LogP contribution is -2.18. The number of nitriles is 1. The summed E-state index contributed by atoms with van der Waals surface area (Å²) in [5.41, 5.74) is 0.193. The number of aromatic nitrogens is 1. The van der Waals surface area contributed by atoms with Gasteiger partial charge in [0.1, 0.15) is 24.2 Å². The minimum atomic E-state index is 0.127. The normalized spacial score (nSPS) is 15.8. The van der Waals surface area contributed by atoms with E-state index in [0.717, 1.165) is 36.0 Å². The number of nitrogens with one attached hydrogen (secondary N) is 1. The van der Waals surface area contributed by atoms with Gasteiger partial charge in [0, 0.05) is 13.2 Å². The van der Waals surface area contributed by atoms with Crippen LogP contribution in [0.5, 0.6) is 5.75 Å². The molecule has 5 rings (SSSR count). The van der Waals surface area contributed by atoms with Gasteiger partial charge in [-0.25, -0.2) is 0 Å². The van der Waals surface area contributed by atoms with E-state index in [4.69, 9.17) is 18.3 Å². The van der Waals surface area contributed by atoms with Gasteiger partial charge >= 0.3 is 0 Å². The molecule has 156 valence electrons. The molecule has 2 aromatic heterocycles. The fourth-order valence-corrected chi connectivity index (χ4v) is 3.62. The predicted molar refractivity (Wildman–Crippen MR) is 115 cm³/mol. The summed E-state index contributed by atoms with van der Waals surface area (Å²) in [4.78, 5) is 4.24. The van der Waals surface area contributed by atoms with Crippen LogP contribution in [-0.2, 0) is 11.3 Å². The molecule has 7 nitrogen and oxygen atoms in total. The van der Waals surface area contributed by atoms with Crippen molar-refractivity contribution in [2.45, 2.75) is 25.6 Å². The molecule has 3 heterocycles. The van der Waals surface area contributed by atoms with E-state index in [1.54, 1.807) is 6.07 Å². The largest absolute Gasteiger partial charge is 0.486 e. The highest BCUT2D eigenvalue weighted by atomic mass is 16.5. The smallest absolute Gasteiger partial charge is 0.266 e. The maximum atomic E-state index is 9.37. The van der Waals surface area contributed by atoms with Crippen molar-refractivity contribution in [3.05, 3.63) is 66.1 Å². The first-order valence-electron chi connectivity index (χ1n) is 10.3. The highest BCUT2D eigenvalue weighted by molar-refractivity contribution is 5.83. The first-order chi connectivity index (χ1) is 15.3. The topological polar surface area (TPSA) is 93.5 Å². The zero-order chi connectivity index (χ0) is 21.0. The molecule has 1 aliphatic rings. The summed E-state index contributed by atoms with van der Waals surface area (Å²) in [6.45, 7) is 1.62. The molecule has 0 aliphatic carbocycles. The lowest BCUT2D eigenvalue weighted by Gasteiger charge is -2.09. The summed E-state index contributed by atoms with van der Waals surface area (Å²) in [6.07, 6.45) is 2.17. The molecule has 1 fully saturated rings. The minimum Gasteiger partial charge on any atom is -0.486 e. The number of anilines is 1. The zero-order valence-corrected chi connectivity index (χ0v) is 16.8. The SMILES string of the molecule is N#Cc1nc(-c2ccc(COc3ccc4ccccc4c3)o2)oc1NC[C@@H]1CCCO1. The molecule has 1 aliphatic heterocycles. The van der Waals surface area contributed by atoms with Gasteiger partial charge in [0.05, 0.1) is 6.10 Å². The standard InChI is InChI=1S/C24H21N3O4/c25-13-21-23(26-14-19-6-3-11-28-19)31-24(27-21)22-10-9-20(30-22)15-29-18-8-7-16-4-1-2-5-17(16)12-18/h1-2,4-5,7-10,12,19,26H,3,6,11,14-15H2/t19-/m0/s1. The van der Waals surface area contributed by atoms with Crippen LogP contribution < -0.4 is 10.1 Å². The van der Waals surface area contributed by atoms with Crippen molar-refractivity contribution in [2.24, 2.45) is 0 Å². The molecule has 1 atom stereocenters. The van der Waals surface area contributed by atoms with Crippen molar-refractivity contribution >= 4 is 16.7 Å². The zero-order valence-electron chi connectivity index (χ0n) is 16.8. The van der Waals surface area contributed by atoms with Crippen LogP contribution in [-0.4, -0.2) is 24.2 Å². The Morgan fingerprint density at radius 3 is 2.84 bits per heavy atom. The van der Waals surface area contributed by atoms with Gasteiger partial charge in [-0.05, 0) is 47.9 Å². The van der Waals surface area contributed by atoms with Crippen molar-refractivity contribution in [2.75, 3.05) is 18.5 Å². The Labute approximate surface area is 179 Å². The summed E-state index contributed by atoms with van der Waals surface area (Å²) in [7, 11) is 0. The lowest BCUT2D eigenvalue weighted by atomic mass is 10.1. The molecule has 4 aromatic rings. The third-order valence-electron chi connectivity index (χ3n) is 5.22. The highest BCUT2D eigenvalue weighted by Crippen LogP contribution is 2.28. The maximum Gasteiger partial charge on any atom is 0.266 e. The Kier molecular flexibility index (Phi) is 5.29. The molecule has 7 heteroatoms. The number of rotatable bonds is 7. The molecule has 0 spiro atoms. The van der Waals surface area contributed by atoms with Crippen LogP contribution in [0.1, 0.15) is 24.3 Å². The Morgan fingerprint density at radius 2 is 2.00 bits per heavy atom. The Bertz CT molecular complexity index is 1230. The van der Waals surface area contributed by atoms with Crippen LogP contribution in [0.4, 0.5) is 5.88 Å². The first kappa shape index (κ1) is 19.2. The maximum absolute atomic E-state index is 9.37. The minimum absolute atomic E-state index is 0.127. The average molecular weight is 415 g/mol. The molecule has 1 saturated heterocycles.